The second kappa shape index (κ2) is 6.29. The Morgan fingerprint density at radius 3 is 2.90 bits per heavy atom. The van der Waals surface area contributed by atoms with Gasteiger partial charge in [0.05, 0.1) is 6.54 Å². The van der Waals surface area contributed by atoms with Crippen LogP contribution in [-0.2, 0) is 4.79 Å². The maximum Gasteiger partial charge on any atom is 0.387 e. The molecule has 2 rings (SSSR count). The molecule has 20 heavy (non-hydrogen) atoms. The molecule has 0 aliphatic carbocycles. The Balaban J connectivity index is 2.06. The Kier molecular flexibility index (Phi) is 4.46. The van der Waals surface area contributed by atoms with Crippen LogP contribution in [0.2, 0.25) is 0 Å². The van der Waals surface area contributed by atoms with Crippen molar-refractivity contribution >= 4 is 17.4 Å². The van der Waals surface area contributed by atoms with Gasteiger partial charge >= 0.3 is 5.82 Å². The number of aromatic nitrogens is 1. The molecule has 1 fully saturated rings. The smallest absolute Gasteiger partial charge is 0.358 e. The van der Waals surface area contributed by atoms with Gasteiger partial charge in [0.25, 0.3) is 0 Å². The van der Waals surface area contributed by atoms with Crippen LogP contribution in [0.15, 0.2) is 18.3 Å². The third kappa shape index (κ3) is 3.21. The zero-order chi connectivity index (χ0) is 14.5. The number of amides is 1. The maximum absolute atomic E-state index is 12.1. The summed E-state index contributed by atoms with van der Waals surface area (Å²) in [6.07, 6.45) is 1.37. The predicted octanol–water partition coefficient (Wildman–Crippen LogP) is -0.142. The van der Waals surface area contributed by atoms with Gasteiger partial charge in [0.1, 0.15) is 11.9 Å². The fraction of sp³-hybridized carbons (Fsp3) is 0.500. The Morgan fingerprint density at radius 1 is 1.55 bits per heavy atom. The molecule has 0 atom stereocenters. The maximum atomic E-state index is 12.1. The van der Waals surface area contributed by atoms with Gasteiger partial charge in [0.2, 0.25) is 5.91 Å². The van der Waals surface area contributed by atoms with Gasteiger partial charge in [-0.25, -0.2) is 0 Å². The van der Waals surface area contributed by atoms with Crippen LogP contribution >= 0.6 is 0 Å². The third-order valence-electron chi connectivity index (χ3n) is 3.19. The molecule has 1 aliphatic rings. The molecule has 1 aliphatic heterocycles. The van der Waals surface area contributed by atoms with Crippen LogP contribution in [0.1, 0.15) is 0 Å². The van der Waals surface area contributed by atoms with Crippen molar-refractivity contribution in [1.82, 2.24) is 15.2 Å². The molecule has 8 heteroatoms. The van der Waals surface area contributed by atoms with Crippen LogP contribution in [0, 0.1) is 10.1 Å². The van der Waals surface area contributed by atoms with Crippen molar-refractivity contribution in [3.8, 4) is 0 Å². The number of nitrogens with one attached hydrogen (secondary N) is 1. The highest BCUT2D eigenvalue weighted by Gasteiger charge is 2.22. The quantitative estimate of drug-likeness (QED) is 0.609. The van der Waals surface area contributed by atoms with Gasteiger partial charge in [-0.1, -0.05) is 0 Å². The summed E-state index contributed by atoms with van der Waals surface area (Å²) in [5, 5.41) is 14.1. The first-order valence-electron chi connectivity index (χ1n) is 6.38. The first-order valence-corrected chi connectivity index (χ1v) is 6.38. The second-order valence-electron chi connectivity index (χ2n) is 4.59. The Morgan fingerprint density at radius 2 is 2.25 bits per heavy atom. The van der Waals surface area contributed by atoms with E-state index >= 15 is 0 Å². The van der Waals surface area contributed by atoms with Crippen molar-refractivity contribution in [3.05, 3.63) is 28.4 Å². The summed E-state index contributed by atoms with van der Waals surface area (Å²) >= 11 is 0. The molecule has 1 aromatic rings. The lowest BCUT2D eigenvalue weighted by molar-refractivity contribution is -0.388. The van der Waals surface area contributed by atoms with Gasteiger partial charge in [-0.05, 0) is 22.0 Å². The van der Waals surface area contributed by atoms with E-state index in [0.29, 0.717) is 18.8 Å². The Hall–Kier alpha value is -2.22. The van der Waals surface area contributed by atoms with Gasteiger partial charge in [-0.3, -0.25) is 4.79 Å². The molecule has 0 radical (unpaired) electrons. The molecule has 0 unspecified atom stereocenters. The zero-order valence-corrected chi connectivity index (χ0v) is 11.3. The zero-order valence-electron chi connectivity index (χ0n) is 11.3. The first-order chi connectivity index (χ1) is 9.59. The largest absolute Gasteiger partial charge is 0.387 e. The molecular formula is C12H17N5O3. The minimum atomic E-state index is -0.541. The number of piperazine rings is 1. The molecule has 1 amide bonds. The normalized spacial score (nSPS) is 14.9. The summed E-state index contributed by atoms with van der Waals surface area (Å²) in [5.74, 6) is -0.268. The van der Waals surface area contributed by atoms with Gasteiger partial charge < -0.3 is 25.2 Å². The number of rotatable bonds is 4. The third-order valence-corrected chi connectivity index (χ3v) is 3.19. The minimum Gasteiger partial charge on any atom is -0.358 e. The Labute approximate surface area is 116 Å². The molecule has 1 N–H and O–H groups in total. The van der Waals surface area contributed by atoms with Gasteiger partial charge in [-0.15, -0.1) is 0 Å². The lowest BCUT2D eigenvalue weighted by Gasteiger charge is -2.29. The highest BCUT2D eigenvalue weighted by Crippen LogP contribution is 2.23. The number of likely N-dealkylation sites (N-methyl/N-ethyl adjacent to an activating group) is 1. The van der Waals surface area contributed by atoms with E-state index in [9.17, 15) is 14.9 Å². The summed E-state index contributed by atoms with van der Waals surface area (Å²) in [7, 11) is 1.66. The average molecular weight is 279 g/mol. The number of nitrogens with zero attached hydrogens (tertiary/aromatic N) is 4. The lowest BCUT2D eigenvalue weighted by atomic mass is 10.3. The van der Waals surface area contributed by atoms with E-state index in [0.717, 1.165) is 13.1 Å². The second-order valence-corrected chi connectivity index (χ2v) is 4.59. The molecule has 0 spiro atoms. The molecule has 8 nitrogen and oxygen atoms in total. The van der Waals surface area contributed by atoms with Crippen molar-refractivity contribution in [2.45, 2.75) is 0 Å². The topological polar surface area (TPSA) is 91.6 Å². The summed E-state index contributed by atoms with van der Waals surface area (Å²) in [4.78, 5) is 29.6. The molecule has 0 aromatic carbocycles. The van der Waals surface area contributed by atoms with E-state index in [4.69, 9.17) is 0 Å². The summed E-state index contributed by atoms with van der Waals surface area (Å²) in [6.45, 7) is 3.00. The van der Waals surface area contributed by atoms with E-state index in [1.807, 2.05) is 0 Å². The van der Waals surface area contributed by atoms with E-state index < -0.39 is 4.92 Å². The van der Waals surface area contributed by atoms with Gasteiger partial charge in [0.15, 0.2) is 0 Å². The molecule has 1 aromatic heterocycles. The van der Waals surface area contributed by atoms with Gasteiger partial charge in [-0.2, -0.15) is 0 Å². The number of hydrogen-bond acceptors (Lipinski definition) is 6. The minimum absolute atomic E-state index is 0.0350. The van der Waals surface area contributed by atoms with Crippen molar-refractivity contribution in [2.24, 2.45) is 0 Å². The van der Waals surface area contributed by atoms with Crippen LogP contribution in [0.4, 0.5) is 11.5 Å². The van der Waals surface area contributed by atoms with Crippen LogP contribution in [0.3, 0.4) is 0 Å². The average Bonchev–Trinajstić information content (AvgIpc) is 2.48. The van der Waals surface area contributed by atoms with Crippen molar-refractivity contribution in [1.29, 1.82) is 0 Å². The highest BCUT2D eigenvalue weighted by molar-refractivity contribution is 5.82. The van der Waals surface area contributed by atoms with Gasteiger partial charge in [0, 0.05) is 33.2 Å². The van der Waals surface area contributed by atoms with E-state index in [-0.39, 0.29) is 18.3 Å². The summed E-state index contributed by atoms with van der Waals surface area (Å²) in [5.41, 5.74) is 0.348. The molecule has 108 valence electrons. The number of carbonyl (C=O) groups excluding carboxylic acids is 1. The van der Waals surface area contributed by atoms with Crippen LogP contribution in [0.25, 0.3) is 0 Å². The van der Waals surface area contributed by atoms with E-state index in [2.05, 4.69) is 10.3 Å². The summed E-state index contributed by atoms with van der Waals surface area (Å²) in [6, 6.07) is 3.21. The molecule has 1 saturated heterocycles. The van der Waals surface area contributed by atoms with Crippen molar-refractivity contribution < 1.29 is 9.72 Å². The van der Waals surface area contributed by atoms with Crippen LogP contribution in [0.5, 0.6) is 0 Å². The fourth-order valence-electron chi connectivity index (χ4n) is 2.13. The summed E-state index contributed by atoms with van der Waals surface area (Å²) < 4.78 is 0. The molecular weight excluding hydrogens is 262 g/mol. The fourth-order valence-corrected chi connectivity index (χ4v) is 2.13. The predicted molar refractivity (Wildman–Crippen MR) is 73.6 cm³/mol. The monoisotopic (exact) mass is 279 g/mol. The number of carbonyl (C=O) groups is 1. The number of pyridine rings is 1. The standard InChI is InChI=1S/C12H17N5O3/c1-15(9-11(18)16-7-5-13-6-8-16)10-3-2-4-14-12(10)17(19)20/h2-4,13H,5-9H2,1H3. The van der Waals surface area contributed by atoms with Crippen molar-refractivity contribution in [3.63, 3.8) is 0 Å². The van der Waals surface area contributed by atoms with Crippen LogP contribution in [-0.4, -0.2) is 60.5 Å². The Bertz CT molecular complexity index is 502. The van der Waals surface area contributed by atoms with E-state index in [1.165, 1.54) is 6.20 Å². The SMILES string of the molecule is CN(CC(=O)N1CCNCC1)c1cccnc1[N+](=O)[O-]. The molecule has 0 bridgehead atoms. The lowest BCUT2D eigenvalue weighted by Crippen LogP contribution is -2.49. The van der Waals surface area contributed by atoms with E-state index in [1.54, 1.807) is 29.0 Å². The highest BCUT2D eigenvalue weighted by atomic mass is 16.6. The number of nitro groups is 1. The number of anilines is 1. The molecule has 2 heterocycles. The van der Waals surface area contributed by atoms with Crippen LogP contribution < -0.4 is 10.2 Å². The van der Waals surface area contributed by atoms with Crippen molar-refractivity contribution in [2.75, 3.05) is 44.7 Å². The first kappa shape index (κ1) is 14.2. The molecule has 0 saturated carbocycles. The number of hydrogen-bond donors (Lipinski definition) is 1.